The van der Waals surface area contributed by atoms with E-state index in [1.807, 2.05) is 0 Å². The van der Waals surface area contributed by atoms with Gasteiger partial charge in [-0.25, -0.2) is 9.13 Å². The Kier molecular flexibility index (Phi) is 72.2. The van der Waals surface area contributed by atoms with Crippen LogP contribution < -0.4 is 0 Å². The molecule has 0 heterocycles. The number of phosphoric acid groups is 2. The lowest BCUT2D eigenvalue weighted by Crippen LogP contribution is -2.30. The highest BCUT2D eigenvalue weighted by molar-refractivity contribution is 7.47. The average molecular weight is 1460 g/mol. The number of hydrogen-bond acceptors (Lipinski definition) is 14. The first-order valence-electron chi connectivity index (χ1n) is 39.5. The van der Waals surface area contributed by atoms with E-state index in [1.54, 1.807) is 0 Å². The number of allylic oxidation sites excluding steroid dienone is 22. The molecule has 0 amide bonds. The third-order valence-electron chi connectivity index (χ3n) is 16.4. The number of unbranched alkanes of at least 4 members (excludes halogenated alkanes) is 29. The number of hydrogen-bond donors (Lipinski definition) is 4. The van der Waals surface area contributed by atoms with Crippen molar-refractivity contribution < 1.29 is 75.8 Å². The van der Waals surface area contributed by atoms with Crippen molar-refractivity contribution in [3.8, 4) is 0 Å². The predicted molar refractivity (Wildman–Crippen MR) is 417 cm³/mol. The van der Waals surface area contributed by atoms with E-state index in [4.69, 9.17) is 32.3 Å². The maximum absolute atomic E-state index is 13.0. The number of rotatable bonds is 74. The summed E-state index contributed by atoms with van der Waals surface area (Å²) in [5.74, 6) is -1.59. The Morgan fingerprint density at radius 1 is 0.277 bits per heavy atom. The van der Waals surface area contributed by atoms with Gasteiger partial charge in [0.05, 0.1) is 26.4 Å². The molecule has 101 heavy (non-hydrogen) atoms. The van der Waals surface area contributed by atoms with Crippen LogP contribution in [0.3, 0.4) is 0 Å². The van der Waals surface area contributed by atoms with Gasteiger partial charge < -0.3 is 34.2 Å². The summed E-state index contributed by atoms with van der Waals surface area (Å²) in [5, 5.41) is 20.6. The van der Waals surface area contributed by atoms with Crippen LogP contribution in [0.2, 0.25) is 0 Å². The van der Waals surface area contributed by atoms with Crippen LogP contribution in [0.4, 0.5) is 0 Å². The molecule has 0 fully saturated rings. The number of carbonyl (C=O) groups excluding carboxylic acids is 3. The minimum absolute atomic E-state index is 0.0890. The highest BCUT2D eigenvalue weighted by atomic mass is 31.2. The highest BCUT2D eigenvalue weighted by Gasteiger charge is 2.29. The molecular formula is C83H142O16P2. The van der Waals surface area contributed by atoms with Gasteiger partial charge >= 0.3 is 33.6 Å². The first kappa shape index (κ1) is 96.7. The zero-order valence-corrected chi connectivity index (χ0v) is 65.1. The van der Waals surface area contributed by atoms with Gasteiger partial charge in [-0.3, -0.25) is 32.5 Å². The molecule has 4 N–H and O–H groups in total. The lowest BCUT2D eigenvalue weighted by atomic mass is 10.0. The number of aliphatic hydroxyl groups is 2. The molecule has 0 saturated heterocycles. The summed E-state index contributed by atoms with van der Waals surface area (Å²) in [5.41, 5.74) is 0. The molecule has 0 bridgehead atoms. The van der Waals surface area contributed by atoms with E-state index in [0.717, 1.165) is 180 Å². The fourth-order valence-electron chi connectivity index (χ4n) is 10.5. The molecule has 18 heteroatoms. The molecular weight excluding hydrogens is 1310 g/mol. The van der Waals surface area contributed by atoms with Crippen molar-refractivity contribution in [3.63, 3.8) is 0 Å². The molecule has 5 unspecified atom stereocenters. The van der Waals surface area contributed by atoms with Gasteiger partial charge in [-0.05, 0) is 128 Å². The van der Waals surface area contributed by atoms with E-state index < -0.39 is 91.5 Å². The van der Waals surface area contributed by atoms with E-state index in [1.165, 1.54) is 77.0 Å². The Morgan fingerprint density at radius 3 is 0.782 bits per heavy atom. The summed E-state index contributed by atoms with van der Waals surface area (Å²) in [7, 11) is -9.79. The minimum Gasteiger partial charge on any atom is -0.463 e. The van der Waals surface area contributed by atoms with E-state index in [-0.39, 0.29) is 19.3 Å². The van der Waals surface area contributed by atoms with Gasteiger partial charge in [0.2, 0.25) is 0 Å². The quantitative estimate of drug-likeness (QED) is 0.0146. The molecule has 5 atom stereocenters. The Bertz CT molecular complexity index is 2370. The Morgan fingerprint density at radius 2 is 0.495 bits per heavy atom. The molecule has 580 valence electrons. The monoisotopic (exact) mass is 1460 g/mol. The second-order valence-corrected chi connectivity index (χ2v) is 29.0. The van der Waals surface area contributed by atoms with E-state index in [2.05, 4.69) is 154 Å². The Labute approximate surface area is 614 Å². The van der Waals surface area contributed by atoms with Crippen LogP contribution in [-0.2, 0) is 55.8 Å². The first-order valence-corrected chi connectivity index (χ1v) is 42.5. The van der Waals surface area contributed by atoms with Crippen LogP contribution in [0.25, 0.3) is 0 Å². The van der Waals surface area contributed by atoms with Crippen LogP contribution in [0.5, 0.6) is 0 Å². The second-order valence-electron chi connectivity index (χ2n) is 26.1. The van der Waals surface area contributed by atoms with Crippen LogP contribution in [-0.4, -0.2) is 95.9 Å². The second kappa shape index (κ2) is 75.4. The number of carbonyl (C=O) groups is 3. The van der Waals surface area contributed by atoms with Gasteiger partial charge in [0.15, 0.2) is 6.10 Å². The van der Waals surface area contributed by atoms with Crippen LogP contribution in [0.1, 0.15) is 316 Å². The van der Waals surface area contributed by atoms with Crippen molar-refractivity contribution in [2.24, 2.45) is 0 Å². The van der Waals surface area contributed by atoms with Gasteiger partial charge in [-0.15, -0.1) is 0 Å². The van der Waals surface area contributed by atoms with Crippen LogP contribution in [0, 0.1) is 0 Å². The SMILES string of the molecule is CC/C=C\C/C=C\C/C=C\C/C=C\C/C=C\CCCCCCCCCCCCCCCCCC(=O)OCC(O)COP(=O)(O)OCC(O)COP(=O)(O)OCC(COC(=O)CCCCCCCCC/C=C\C/C=C\C/C=C\CC)OC(=O)CCCCCCCCC/C=C\C/C=C\C/C=C\CC. The summed E-state index contributed by atoms with van der Waals surface area (Å²) < 4.78 is 61.1. The molecule has 0 aromatic heterocycles. The molecule has 0 saturated carbocycles. The zero-order valence-electron chi connectivity index (χ0n) is 63.3. The van der Waals surface area contributed by atoms with Gasteiger partial charge in [-0.2, -0.15) is 0 Å². The molecule has 0 aliphatic rings. The lowest BCUT2D eigenvalue weighted by Gasteiger charge is -2.21. The molecule has 16 nitrogen and oxygen atoms in total. The maximum Gasteiger partial charge on any atom is 0.472 e. The van der Waals surface area contributed by atoms with Gasteiger partial charge in [0.1, 0.15) is 25.4 Å². The zero-order chi connectivity index (χ0) is 73.7. The van der Waals surface area contributed by atoms with Gasteiger partial charge in [0, 0.05) is 19.3 Å². The third-order valence-corrected chi connectivity index (χ3v) is 18.3. The Balaban J connectivity index is 4.49. The van der Waals surface area contributed by atoms with Crippen molar-refractivity contribution >= 4 is 33.6 Å². The maximum atomic E-state index is 13.0. The number of esters is 3. The van der Waals surface area contributed by atoms with Crippen molar-refractivity contribution in [1.29, 1.82) is 0 Å². The molecule has 0 aliphatic heterocycles. The van der Waals surface area contributed by atoms with Gasteiger partial charge in [-0.1, -0.05) is 302 Å². The van der Waals surface area contributed by atoms with Crippen LogP contribution in [0.15, 0.2) is 134 Å². The number of phosphoric ester groups is 2. The summed E-state index contributed by atoms with van der Waals surface area (Å²) in [6.45, 7) is 2.34. The summed E-state index contributed by atoms with van der Waals surface area (Å²) in [6, 6.07) is 0. The molecule has 0 aliphatic carbocycles. The highest BCUT2D eigenvalue weighted by Crippen LogP contribution is 2.45. The predicted octanol–water partition coefficient (Wildman–Crippen LogP) is 23.1. The topological polar surface area (TPSA) is 231 Å². The normalized spacial score (nSPS) is 14.7. The van der Waals surface area contributed by atoms with Crippen molar-refractivity contribution in [1.82, 2.24) is 0 Å². The minimum atomic E-state index is -4.94. The summed E-state index contributed by atoms with van der Waals surface area (Å²) in [6.07, 6.45) is 90.8. The standard InChI is InChI=1S/C83H142O16P2/c1-4-7-10-13-16-19-22-25-28-31-32-33-34-35-36-37-38-39-40-41-42-43-44-47-49-51-54-57-60-63-66-69-81(86)93-72-78(84)73-95-100(89,90)96-74-79(85)75-97-101(91,92)98-77-80(99-83(88)71-68-65-62-59-56-53-50-46-30-27-24-21-18-15-12-9-6-3)76-94-82(87)70-67-64-61-58-55-52-48-45-29-26-23-20-17-14-11-8-5-2/h7-12,16-21,25-30,32-33,35-36,78-80,84-85H,4-6,13-15,22-24,31,34,37-77H2,1-3H3,(H,89,90)(H,91,92)/b10-7-,11-8-,12-9-,19-16-,20-17-,21-18-,28-25-,29-26-,30-27-,33-32-,36-35-. The molecule has 0 aromatic carbocycles. The summed E-state index contributed by atoms with van der Waals surface area (Å²) in [4.78, 5) is 58.6. The smallest absolute Gasteiger partial charge is 0.463 e. The molecule has 0 radical (unpaired) electrons. The average Bonchev–Trinajstić information content (AvgIpc) is 1.15. The van der Waals surface area contributed by atoms with E-state index >= 15 is 0 Å². The number of ether oxygens (including phenoxy) is 3. The molecule has 0 aromatic rings. The van der Waals surface area contributed by atoms with E-state index in [0.29, 0.717) is 19.3 Å². The van der Waals surface area contributed by atoms with Crippen molar-refractivity contribution in [3.05, 3.63) is 134 Å². The van der Waals surface area contributed by atoms with Crippen LogP contribution >= 0.6 is 15.6 Å². The van der Waals surface area contributed by atoms with Crippen molar-refractivity contribution in [2.45, 2.75) is 334 Å². The fraction of sp³-hybridized carbons (Fsp3) is 0.699. The lowest BCUT2D eigenvalue weighted by molar-refractivity contribution is -0.161. The van der Waals surface area contributed by atoms with Gasteiger partial charge in [0.25, 0.3) is 0 Å². The van der Waals surface area contributed by atoms with Crippen molar-refractivity contribution in [2.75, 3.05) is 39.6 Å². The number of aliphatic hydroxyl groups excluding tert-OH is 2. The first-order chi connectivity index (χ1) is 49.2. The van der Waals surface area contributed by atoms with E-state index in [9.17, 15) is 43.5 Å². The fourth-order valence-corrected chi connectivity index (χ4v) is 12.0. The molecule has 0 rings (SSSR count). The summed E-state index contributed by atoms with van der Waals surface area (Å²) >= 11 is 0. The third kappa shape index (κ3) is 76.6. The largest absolute Gasteiger partial charge is 0.472 e. The molecule has 0 spiro atoms. The Hall–Kier alpha value is -4.31.